The lowest BCUT2D eigenvalue weighted by Gasteiger charge is -2.26. The number of aliphatic imine (C=N–C) groups is 1. The zero-order valence-electron chi connectivity index (χ0n) is 30.0. The van der Waals surface area contributed by atoms with E-state index in [1.165, 1.54) is 4.90 Å². The number of rotatable bonds is 17. The highest BCUT2D eigenvalue weighted by molar-refractivity contribution is 6.07. The molecule has 1 saturated heterocycles. The van der Waals surface area contributed by atoms with Gasteiger partial charge in [-0.25, -0.2) is 14.8 Å². The molecule has 3 N–H and O–H groups in total. The topological polar surface area (TPSA) is 166 Å². The Balaban J connectivity index is 1.18. The number of esters is 1. The first-order chi connectivity index (χ1) is 25.3. The maximum atomic E-state index is 13.9. The van der Waals surface area contributed by atoms with Gasteiger partial charge in [-0.2, -0.15) is 4.99 Å². The second kappa shape index (κ2) is 19.3. The highest BCUT2D eigenvalue weighted by Crippen LogP contribution is 2.21. The Bertz CT molecular complexity index is 1810. The van der Waals surface area contributed by atoms with Crippen molar-refractivity contribution in [2.75, 3.05) is 62.8 Å². The number of nitrogens with zero attached hydrogens (tertiary/aromatic N) is 6. The largest absolute Gasteiger partial charge is 0.464 e. The molecule has 14 heteroatoms. The van der Waals surface area contributed by atoms with Crippen LogP contribution in [0.3, 0.4) is 0 Å². The van der Waals surface area contributed by atoms with E-state index in [2.05, 4.69) is 27.1 Å². The number of nitrogens with two attached hydrogens (primary N) is 1. The summed E-state index contributed by atoms with van der Waals surface area (Å²) in [4.78, 5) is 55.2. The number of hydrogen-bond acceptors (Lipinski definition) is 10. The molecule has 1 aliphatic heterocycles. The molecule has 0 unspecified atom stereocenters. The van der Waals surface area contributed by atoms with Crippen molar-refractivity contribution in [1.82, 2.24) is 19.4 Å². The van der Waals surface area contributed by atoms with Crippen LogP contribution in [0.25, 0.3) is 11.0 Å². The van der Waals surface area contributed by atoms with Crippen molar-refractivity contribution in [3.05, 3.63) is 83.8 Å². The van der Waals surface area contributed by atoms with Crippen LogP contribution in [0, 0.1) is 0 Å². The van der Waals surface area contributed by atoms with E-state index in [4.69, 9.17) is 24.9 Å². The minimum absolute atomic E-state index is 0.0270. The first-order valence-electron chi connectivity index (χ1n) is 17.8. The van der Waals surface area contributed by atoms with Crippen molar-refractivity contribution >= 4 is 46.3 Å². The normalized spacial score (nSPS) is 13.5. The predicted octanol–water partition coefficient (Wildman–Crippen LogP) is 4.91. The van der Waals surface area contributed by atoms with E-state index >= 15 is 0 Å². The lowest BCUT2D eigenvalue weighted by Crippen LogP contribution is -2.38. The van der Waals surface area contributed by atoms with Crippen LogP contribution in [0.4, 0.5) is 16.3 Å². The second-order valence-electron chi connectivity index (χ2n) is 12.5. The molecule has 3 heterocycles. The number of imidazole rings is 1. The molecule has 2 aromatic heterocycles. The number of hydrogen-bond donors (Lipinski definition) is 2. The standard InChI is InChI=1S/C38H48N8O6/c1-3-4-5-8-22-52-38(49)43-36(39)28-10-13-30(14-11-28)41-27-34-42-31-26-29(12-15-32(31)44(34)2)37(48)46(33-9-6-7-17-40-33)18-16-35(47)51-25-21-45-19-23-50-24-20-45/h6-7,9-15,17,26,41H,3-5,8,16,18-25,27H2,1-2H3,(H2,39,43,49). The molecule has 1 fully saturated rings. The summed E-state index contributed by atoms with van der Waals surface area (Å²) in [6.07, 6.45) is 4.98. The van der Waals surface area contributed by atoms with Crippen molar-refractivity contribution in [2.45, 2.75) is 45.6 Å². The SMILES string of the molecule is CCCCCCOC(=O)/N=C(\N)c1ccc(NCc2nc3cc(C(=O)N(CCC(=O)OCCN4CCOCC4)c4ccccn4)ccc3n2C)cc1. The average Bonchev–Trinajstić information content (AvgIpc) is 3.48. The molecule has 5 rings (SSSR count). The highest BCUT2D eigenvalue weighted by Gasteiger charge is 2.22. The van der Waals surface area contributed by atoms with Gasteiger partial charge in [0.15, 0.2) is 0 Å². The number of nitrogens with one attached hydrogen (secondary N) is 1. The van der Waals surface area contributed by atoms with E-state index in [1.807, 2.05) is 29.8 Å². The molecule has 2 aromatic carbocycles. The Morgan fingerprint density at radius 2 is 1.77 bits per heavy atom. The molecule has 0 aliphatic carbocycles. The number of unbranched alkanes of at least 4 members (excludes halogenated alkanes) is 3. The van der Waals surface area contributed by atoms with Crippen molar-refractivity contribution in [3.8, 4) is 0 Å². The van der Waals surface area contributed by atoms with Gasteiger partial charge in [0.25, 0.3) is 5.91 Å². The van der Waals surface area contributed by atoms with E-state index in [0.29, 0.717) is 55.4 Å². The van der Waals surface area contributed by atoms with Crippen LogP contribution in [0.5, 0.6) is 0 Å². The molecule has 2 amide bonds. The van der Waals surface area contributed by atoms with Gasteiger partial charge < -0.3 is 29.8 Å². The van der Waals surface area contributed by atoms with Gasteiger partial charge >= 0.3 is 12.1 Å². The summed E-state index contributed by atoms with van der Waals surface area (Å²) in [7, 11) is 1.92. The third-order valence-corrected chi connectivity index (χ3v) is 8.77. The fourth-order valence-electron chi connectivity index (χ4n) is 5.74. The first-order valence-corrected chi connectivity index (χ1v) is 17.8. The minimum atomic E-state index is -0.692. The molecule has 14 nitrogen and oxygen atoms in total. The second-order valence-corrected chi connectivity index (χ2v) is 12.5. The summed E-state index contributed by atoms with van der Waals surface area (Å²) in [5, 5.41) is 3.36. The van der Waals surface area contributed by atoms with Gasteiger partial charge in [0.1, 0.15) is 24.1 Å². The maximum absolute atomic E-state index is 13.9. The number of ether oxygens (including phenoxy) is 3. The van der Waals surface area contributed by atoms with Crippen LogP contribution in [0.1, 0.15) is 60.8 Å². The smallest absolute Gasteiger partial charge is 0.435 e. The van der Waals surface area contributed by atoms with Gasteiger partial charge in [0, 0.05) is 56.2 Å². The lowest BCUT2D eigenvalue weighted by molar-refractivity contribution is -0.144. The van der Waals surface area contributed by atoms with Crippen molar-refractivity contribution in [1.29, 1.82) is 0 Å². The number of anilines is 2. The third-order valence-electron chi connectivity index (χ3n) is 8.77. The number of carbonyl (C=O) groups excluding carboxylic acids is 3. The Hall–Kier alpha value is -5.34. The van der Waals surface area contributed by atoms with Crippen molar-refractivity contribution < 1.29 is 28.6 Å². The molecule has 0 atom stereocenters. The number of pyridine rings is 1. The number of amides is 2. The highest BCUT2D eigenvalue weighted by atomic mass is 16.5. The van der Waals surface area contributed by atoms with Crippen molar-refractivity contribution in [2.24, 2.45) is 17.8 Å². The minimum Gasteiger partial charge on any atom is -0.464 e. The quantitative estimate of drug-likeness (QED) is 0.0661. The lowest BCUT2D eigenvalue weighted by atomic mass is 10.1. The summed E-state index contributed by atoms with van der Waals surface area (Å²) < 4.78 is 18.0. The van der Waals surface area contributed by atoms with Crippen LogP contribution in [-0.2, 0) is 32.6 Å². The third kappa shape index (κ3) is 10.8. The average molecular weight is 713 g/mol. The Kier molecular flexibility index (Phi) is 14.1. The number of amidine groups is 1. The molecule has 0 saturated carbocycles. The fraction of sp³-hybridized carbons (Fsp3) is 0.421. The summed E-state index contributed by atoms with van der Waals surface area (Å²) in [5.74, 6) is 0.616. The van der Waals surface area contributed by atoms with Gasteiger partial charge in [-0.15, -0.1) is 0 Å². The Morgan fingerprint density at radius 3 is 2.52 bits per heavy atom. The summed E-state index contributed by atoms with van der Waals surface area (Å²) in [6, 6.07) is 17.9. The first kappa shape index (κ1) is 37.9. The van der Waals surface area contributed by atoms with E-state index in [1.54, 1.807) is 48.7 Å². The van der Waals surface area contributed by atoms with Crippen LogP contribution in [0.2, 0.25) is 0 Å². The fourth-order valence-corrected chi connectivity index (χ4v) is 5.74. The molecule has 4 aromatic rings. The Morgan fingerprint density at radius 1 is 0.981 bits per heavy atom. The predicted molar refractivity (Wildman–Crippen MR) is 199 cm³/mol. The van der Waals surface area contributed by atoms with Gasteiger partial charge in [-0.05, 0) is 61.0 Å². The van der Waals surface area contributed by atoms with E-state index in [9.17, 15) is 14.4 Å². The van der Waals surface area contributed by atoms with E-state index < -0.39 is 6.09 Å². The molecule has 0 radical (unpaired) electrons. The van der Waals surface area contributed by atoms with Gasteiger partial charge in [0.05, 0.1) is 43.8 Å². The summed E-state index contributed by atoms with van der Waals surface area (Å²) in [6.45, 7) is 6.91. The van der Waals surface area contributed by atoms with Crippen LogP contribution >= 0.6 is 0 Å². The van der Waals surface area contributed by atoms with Crippen LogP contribution in [0.15, 0.2) is 71.9 Å². The zero-order chi connectivity index (χ0) is 36.7. The molecule has 1 aliphatic rings. The Labute approximate surface area is 304 Å². The molecular weight excluding hydrogens is 664 g/mol. The van der Waals surface area contributed by atoms with Crippen LogP contribution < -0.4 is 16.0 Å². The van der Waals surface area contributed by atoms with E-state index in [-0.39, 0.29) is 37.3 Å². The van der Waals surface area contributed by atoms with Gasteiger partial charge in [0.2, 0.25) is 0 Å². The van der Waals surface area contributed by atoms with Gasteiger partial charge in [-0.3, -0.25) is 19.4 Å². The number of aromatic nitrogens is 3. The number of morpholine rings is 1. The maximum Gasteiger partial charge on any atom is 0.435 e. The van der Waals surface area contributed by atoms with E-state index in [0.717, 1.165) is 55.8 Å². The molecule has 0 bridgehead atoms. The zero-order valence-corrected chi connectivity index (χ0v) is 30.0. The molecule has 52 heavy (non-hydrogen) atoms. The number of aryl methyl sites for hydroxylation is 1. The summed E-state index contributed by atoms with van der Waals surface area (Å²) in [5.41, 5.74) is 9.41. The summed E-state index contributed by atoms with van der Waals surface area (Å²) >= 11 is 0. The number of fused-ring (bicyclic) bond motifs is 1. The van der Waals surface area contributed by atoms with Crippen LogP contribution in [-0.4, -0.2) is 95.8 Å². The molecular formula is C38H48N8O6. The molecule has 0 spiro atoms. The van der Waals surface area contributed by atoms with Crippen molar-refractivity contribution in [3.63, 3.8) is 0 Å². The number of carbonyl (C=O) groups is 3. The monoisotopic (exact) mass is 712 g/mol. The number of benzene rings is 2. The molecule has 276 valence electrons. The van der Waals surface area contributed by atoms with Gasteiger partial charge in [-0.1, -0.05) is 32.3 Å².